The molecule has 0 aliphatic rings. The zero-order valence-corrected chi connectivity index (χ0v) is 16.0. The molecule has 7 nitrogen and oxygen atoms in total. The second-order valence-corrected chi connectivity index (χ2v) is 6.19. The van der Waals surface area contributed by atoms with Crippen LogP contribution < -0.4 is 19.6 Å². The summed E-state index contributed by atoms with van der Waals surface area (Å²) in [6.07, 6.45) is 4.23. The molecule has 0 aliphatic heterocycles. The molecule has 0 radical (unpaired) electrons. The number of nitrogens with zero attached hydrogens (tertiary/aromatic N) is 1. The van der Waals surface area contributed by atoms with Crippen LogP contribution >= 0.6 is 0 Å². The van der Waals surface area contributed by atoms with Gasteiger partial charge in [-0.3, -0.25) is 9.78 Å². The number of rotatable bonds is 6. The molecule has 0 aliphatic carbocycles. The van der Waals surface area contributed by atoms with Gasteiger partial charge < -0.3 is 18.6 Å². The number of fused-ring (bicyclic) bond motifs is 1. The summed E-state index contributed by atoms with van der Waals surface area (Å²) in [6, 6.07) is 14.7. The summed E-state index contributed by atoms with van der Waals surface area (Å²) in [4.78, 5) is 28.9. The zero-order valence-electron chi connectivity index (χ0n) is 16.0. The van der Waals surface area contributed by atoms with E-state index in [0.29, 0.717) is 29.1 Å². The molecule has 2 aromatic heterocycles. The highest BCUT2D eigenvalue weighted by molar-refractivity contribution is 5.91. The van der Waals surface area contributed by atoms with E-state index in [1.54, 1.807) is 30.3 Å². The lowest BCUT2D eigenvalue weighted by atomic mass is 10.2. The van der Waals surface area contributed by atoms with Crippen molar-refractivity contribution in [1.82, 2.24) is 4.98 Å². The van der Waals surface area contributed by atoms with Crippen molar-refractivity contribution in [3.8, 4) is 23.0 Å². The Balaban J connectivity index is 1.60. The first-order valence-electron chi connectivity index (χ1n) is 9.23. The van der Waals surface area contributed by atoms with Crippen LogP contribution in [-0.2, 0) is 0 Å². The highest BCUT2D eigenvalue weighted by Crippen LogP contribution is 2.31. The van der Waals surface area contributed by atoms with Gasteiger partial charge in [-0.15, -0.1) is 0 Å². The van der Waals surface area contributed by atoms with Crippen LogP contribution in [0.1, 0.15) is 17.3 Å². The second-order valence-electron chi connectivity index (χ2n) is 6.19. The quantitative estimate of drug-likeness (QED) is 0.343. The minimum atomic E-state index is -0.536. The van der Waals surface area contributed by atoms with Crippen LogP contribution in [0.4, 0.5) is 0 Å². The van der Waals surface area contributed by atoms with Crippen molar-refractivity contribution in [2.75, 3.05) is 6.61 Å². The van der Waals surface area contributed by atoms with E-state index in [-0.39, 0.29) is 22.5 Å². The number of hydrogen-bond donors (Lipinski definition) is 0. The Morgan fingerprint density at radius 2 is 1.77 bits per heavy atom. The van der Waals surface area contributed by atoms with E-state index >= 15 is 0 Å². The van der Waals surface area contributed by atoms with Gasteiger partial charge >= 0.3 is 5.97 Å². The number of hydrogen-bond acceptors (Lipinski definition) is 7. The fourth-order valence-corrected chi connectivity index (χ4v) is 2.81. The maximum absolute atomic E-state index is 12.8. The van der Waals surface area contributed by atoms with Crippen molar-refractivity contribution in [3.63, 3.8) is 0 Å². The number of esters is 1. The van der Waals surface area contributed by atoms with Crippen molar-refractivity contribution < 1.29 is 23.4 Å². The fourth-order valence-electron chi connectivity index (χ4n) is 2.81. The molecule has 0 spiro atoms. The van der Waals surface area contributed by atoms with Crippen molar-refractivity contribution in [1.29, 1.82) is 0 Å². The van der Waals surface area contributed by atoms with Crippen LogP contribution in [0.5, 0.6) is 23.0 Å². The molecular weight excluding hydrogens is 386 g/mol. The SMILES string of the molecule is CCOc1ccccc1Oc1coc2cc(OC(=O)c3ccncc3)ccc2c1=O. The minimum absolute atomic E-state index is 0.0242. The summed E-state index contributed by atoms with van der Waals surface area (Å²) >= 11 is 0. The lowest BCUT2D eigenvalue weighted by molar-refractivity contribution is 0.0735. The molecule has 4 rings (SSSR count). The van der Waals surface area contributed by atoms with Crippen molar-refractivity contribution in [2.45, 2.75) is 6.92 Å². The van der Waals surface area contributed by atoms with Crippen LogP contribution in [0.15, 0.2) is 82.5 Å². The van der Waals surface area contributed by atoms with Gasteiger partial charge in [-0.05, 0) is 43.3 Å². The first-order chi connectivity index (χ1) is 14.7. The Morgan fingerprint density at radius 3 is 2.53 bits per heavy atom. The average molecular weight is 403 g/mol. The van der Waals surface area contributed by atoms with Gasteiger partial charge in [0, 0.05) is 18.5 Å². The summed E-state index contributed by atoms with van der Waals surface area (Å²) in [7, 11) is 0. The Hall–Kier alpha value is -4.13. The number of benzene rings is 2. The molecule has 0 saturated carbocycles. The van der Waals surface area contributed by atoms with Gasteiger partial charge in [0.2, 0.25) is 11.2 Å². The van der Waals surface area contributed by atoms with Gasteiger partial charge in [0.25, 0.3) is 0 Å². The van der Waals surface area contributed by atoms with Crippen molar-refractivity contribution in [2.24, 2.45) is 0 Å². The summed E-state index contributed by atoms with van der Waals surface area (Å²) in [5.74, 6) is 0.678. The number of carbonyl (C=O) groups is 1. The second kappa shape index (κ2) is 8.48. The van der Waals surface area contributed by atoms with Gasteiger partial charge in [-0.25, -0.2) is 4.79 Å². The Morgan fingerprint density at radius 1 is 1.00 bits per heavy atom. The van der Waals surface area contributed by atoms with Crippen LogP contribution in [0.3, 0.4) is 0 Å². The van der Waals surface area contributed by atoms with Crippen LogP contribution in [-0.4, -0.2) is 17.6 Å². The van der Waals surface area contributed by atoms with Gasteiger partial charge in [0.15, 0.2) is 11.5 Å². The number of aromatic nitrogens is 1. The lowest BCUT2D eigenvalue weighted by Crippen LogP contribution is -2.09. The predicted octanol–water partition coefficient (Wildman–Crippen LogP) is 4.60. The highest BCUT2D eigenvalue weighted by Gasteiger charge is 2.14. The third-order valence-electron chi connectivity index (χ3n) is 4.21. The molecule has 0 saturated heterocycles. The summed E-state index contributed by atoms with van der Waals surface area (Å²) in [5.41, 5.74) is 0.281. The topological polar surface area (TPSA) is 87.9 Å². The van der Waals surface area contributed by atoms with Crippen LogP contribution in [0.2, 0.25) is 0 Å². The summed E-state index contributed by atoms with van der Waals surface area (Å²) < 4.78 is 22.1. The molecule has 0 amide bonds. The number of para-hydroxylation sites is 2. The van der Waals surface area contributed by atoms with Gasteiger partial charge in [0.1, 0.15) is 17.6 Å². The third-order valence-corrected chi connectivity index (χ3v) is 4.21. The molecule has 7 heteroatoms. The van der Waals surface area contributed by atoms with Crippen LogP contribution in [0.25, 0.3) is 11.0 Å². The van der Waals surface area contributed by atoms with E-state index < -0.39 is 5.97 Å². The molecular formula is C23H17NO6. The molecule has 150 valence electrons. The van der Waals surface area contributed by atoms with Crippen molar-refractivity contribution >= 4 is 16.9 Å². The number of ether oxygens (including phenoxy) is 3. The maximum atomic E-state index is 12.8. The van der Waals surface area contributed by atoms with Gasteiger partial charge in [-0.1, -0.05) is 12.1 Å². The van der Waals surface area contributed by atoms with E-state index in [0.717, 1.165) is 0 Å². The standard InChI is InChI=1S/C23H17NO6/c1-2-27-18-5-3-4-6-19(18)30-21-14-28-20-13-16(7-8-17(20)22(21)25)29-23(26)15-9-11-24-12-10-15/h3-14H,2H2,1H3. The Labute approximate surface area is 171 Å². The summed E-state index contributed by atoms with van der Waals surface area (Å²) in [6.45, 7) is 2.33. The van der Waals surface area contributed by atoms with Crippen molar-refractivity contribution in [3.05, 3.63) is 89.0 Å². The third kappa shape index (κ3) is 4.00. The Kier molecular flexibility index (Phi) is 5.43. The first-order valence-corrected chi connectivity index (χ1v) is 9.23. The molecule has 0 fully saturated rings. The van der Waals surface area contributed by atoms with Gasteiger partial charge in [0.05, 0.1) is 17.6 Å². The van der Waals surface area contributed by atoms with E-state index in [2.05, 4.69) is 4.98 Å². The van der Waals surface area contributed by atoms with Gasteiger partial charge in [-0.2, -0.15) is 0 Å². The summed E-state index contributed by atoms with van der Waals surface area (Å²) in [5, 5.41) is 0.296. The lowest BCUT2D eigenvalue weighted by Gasteiger charge is -2.11. The van der Waals surface area contributed by atoms with E-state index in [1.165, 1.54) is 36.9 Å². The minimum Gasteiger partial charge on any atom is -0.490 e. The Bertz CT molecular complexity index is 1250. The van der Waals surface area contributed by atoms with Crippen LogP contribution in [0, 0.1) is 0 Å². The number of pyridine rings is 1. The molecule has 0 N–H and O–H groups in total. The molecule has 0 atom stereocenters. The molecule has 30 heavy (non-hydrogen) atoms. The smallest absolute Gasteiger partial charge is 0.343 e. The average Bonchev–Trinajstić information content (AvgIpc) is 2.78. The molecule has 4 aromatic rings. The number of carbonyl (C=O) groups excluding carboxylic acids is 1. The zero-order chi connectivity index (χ0) is 20.9. The maximum Gasteiger partial charge on any atom is 0.343 e. The predicted molar refractivity (Wildman–Crippen MR) is 109 cm³/mol. The molecule has 0 bridgehead atoms. The molecule has 2 heterocycles. The van der Waals surface area contributed by atoms with E-state index in [1.807, 2.05) is 13.0 Å². The van der Waals surface area contributed by atoms with E-state index in [4.69, 9.17) is 18.6 Å². The monoisotopic (exact) mass is 403 g/mol. The molecule has 2 aromatic carbocycles. The highest BCUT2D eigenvalue weighted by atomic mass is 16.5. The largest absolute Gasteiger partial charge is 0.490 e. The van der Waals surface area contributed by atoms with E-state index in [9.17, 15) is 9.59 Å². The normalized spacial score (nSPS) is 10.6. The fraction of sp³-hybridized carbons (Fsp3) is 0.0870. The molecule has 0 unspecified atom stereocenters. The first kappa shape index (κ1) is 19.2.